The molecule has 1 rings (SSSR count). The molecule has 0 unspecified atom stereocenters. The quantitative estimate of drug-likeness (QED) is 0.597. The third-order valence-electron chi connectivity index (χ3n) is 1.96. The van der Waals surface area contributed by atoms with Gasteiger partial charge in [-0.2, -0.15) is 0 Å². The lowest BCUT2D eigenvalue weighted by atomic mass is 9.85. The number of thiophene rings is 1. The van der Waals surface area contributed by atoms with Gasteiger partial charge in [0.25, 0.3) is 0 Å². The maximum atomic E-state index is 8.91. The Labute approximate surface area is 70.6 Å². The molecule has 60 valence electrons. The monoisotopic (exact) mass is 170 g/mol. The minimum absolute atomic E-state index is 0.667. The largest absolute Gasteiger partial charge is 0.499 e. The summed E-state index contributed by atoms with van der Waals surface area (Å²) in [6, 6.07) is 0. The molecule has 0 saturated carbocycles. The van der Waals surface area contributed by atoms with Gasteiger partial charge in [0.2, 0.25) is 0 Å². The van der Waals surface area contributed by atoms with Crippen LogP contribution in [0.3, 0.4) is 0 Å². The molecule has 1 aromatic heterocycles. The molecule has 0 saturated heterocycles. The molecule has 0 aliphatic rings. The highest BCUT2D eigenvalue weighted by Gasteiger charge is 2.18. The fourth-order valence-electron chi connectivity index (χ4n) is 1.01. The van der Waals surface area contributed by atoms with Crippen molar-refractivity contribution in [1.82, 2.24) is 0 Å². The summed E-state index contributed by atoms with van der Waals surface area (Å²) < 4.78 is 0.667. The van der Waals surface area contributed by atoms with E-state index in [-0.39, 0.29) is 0 Å². The van der Waals surface area contributed by atoms with Gasteiger partial charge < -0.3 is 10.0 Å². The second-order valence-electron chi connectivity index (χ2n) is 2.65. The first-order valence-electron chi connectivity index (χ1n) is 3.46. The smallest absolute Gasteiger partial charge is 0.423 e. The SMILES string of the molecule is Cc1sc(B(O)O)c(C)c1C. The highest BCUT2D eigenvalue weighted by molar-refractivity contribution is 7.22. The Morgan fingerprint density at radius 1 is 1.09 bits per heavy atom. The van der Waals surface area contributed by atoms with E-state index in [1.807, 2.05) is 20.8 Å². The lowest BCUT2D eigenvalue weighted by molar-refractivity contribution is 0.426. The second kappa shape index (κ2) is 2.97. The van der Waals surface area contributed by atoms with E-state index in [0.29, 0.717) is 4.78 Å². The average molecular weight is 170 g/mol. The van der Waals surface area contributed by atoms with E-state index in [9.17, 15) is 0 Å². The van der Waals surface area contributed by atoms with Crippen LogP contribution in [0.1, 0.15) is 16.0 Å². The van der Waals surface area contributed by atoms with E-state index in [4.69, 9.17) is 10.0 Å². The van der Waals surface area contributed by atoms with Crippen LogP contribution in [0, 0.1) is 20.8 Å². The first-order valence-corrected chi connectivity index (χ1v) is 4.28. The van der Waals surface area contributed by atoms with E-state index in [1.54, 1.807) is 0 Å². The molecule has 11 heavy (non-hydrogen) atoms. The van der Waals surface area contributed by atoms with Crippen LogP contribution < -0.4 is 4.78 Å². The van der Waals surface area contributed by atoms with Gasteiger partial charge >= 0.3 is 7.12 Å². The van der Waals surface area contributed by atoms with Crippen LogP contribution in [0.2, 0.25) is 0 Å². The van der Waals surface area contributed by atoms with Crippen molar-refractivity contribution in [2.75, 3.05) is 0 Å². The lowest BCUT2D eigenvalue weighted by Crippen LogP contribution is -2.28. The molecule has 2 nitrogen and oxygen atoms in total. The van der Waals surface area contributed by atoms with Gasteiger partial charge in [-0.25, -0.2) is 0 Å². The summed E-state index contributed by atoms with van der Waals surface area (Å²) in [5.41, 5.74) is 2.17. The Morgan fingerprint density at radius 3 is 1.82 bits per heavy atom. The number of hydrogen-bond acceptors (Lipinski definition) is 3. The highest BCUT2D eigenvalue weighted by Crippen LogP contribution is 2.17. The van der Waals surface area contributed by atoms with Crippen LogP contribution in [0.5, 0.6) is 0 Å². The Kier molecular flexibility index (Phi) is 2.37. The van der Waals surface area contributed by atoms with Crippen molar-refractivity contribution >= 4 is 23.2 Å². The molecule has 0 radical (unpaired) electrons. The summed E-state index contributed by atoms with van der Waals surface area (Å²) in [4.78, 5) is 1.16. The average Bonchev–Trinajstić information content (AvgIpc) is 2.17. The molecule has 0 aromatic carbocycles. The molecule has 4 heteroatoms. The van der Waals surface area contributed by atoms with Crippen molar-refractivity contribution in [3.05, 3.63) is 16.0 Å². The third kappa shape index (κ3) is 1.48. The van der Waals surface area contributed by atoms with Crippen molar-refractivity contribution in [3.8, 4) is 0 Å². The Morgan fingerprint density at radius 2 is 1.64 bits per heavy atom. The maximum Gasteiger partial charge on any atom is 0.499 e. The minimum Gasteiger partial charge on any atom is -0.423 e. The second-order valence-corrected chi connectivity index (χ2v) is 3.90. The van der Waals surface area contributed by atoms with E-state index in [0.717, 1.165) is 16.0 Å². The summed E-state index contributed by atoms with van der Waals surface area (Å²) in [6.07, 6.45) is 0. The maximum absolute atomic E-state index is 8.91. The molecule has 0 aliphatic carbocycles. The number of hydrogen-bond donors (Lipinski definition) is 2. The topological polar surface area (TPSA) is 40.5 Å². The van der Waals surface area contributed by atoms with Crippen molar-refractivity contribution in [1.29, 1.82) is 0 Å². The van der Waals surface area contributed by atoms with Gasteiger partial charge in [0, 0.05) is 9.65 Å². The Hall–Kier alpha value is -0.315. The third-order valence-corrected chi connectivity index (χ3v) is 3.31. The van der Waals surface area contributed by atoms with Crippen LogP contribution in [-0.2, 0) is 0 Å². The number of rotatable bonds is 1. The molecule has 1 heterocycles. The van der Waals surface area contributed by atoms with Crippen molar-refractivity contribution in [2.24, 2.45) is 0 Å². The molecule has 0 amide bonds. The molecule has 0 aliphatic heterocycles. The fraction of sp³-hybridized carbons (Fsp3) is 0.429. The zero-order valence-electron chi connectivity index (χ0n) is 6.88. The molecule has 0 fully saturated rings. The molecular formula is C7H11BO2S. The highest BCUT2D eigenvalue weighted by atomic mass is 32.1. The predicted molar refractivity (Wildman–Crippen MR) is 48.4 cm³/mol. The van der Waals surface area contributed by atoms with E-state index in [1.165, 1.54) is 11.3 Å². The predicted octanol–water partition coefficient (Wildman–Crippen LogP) is 0.353. The summed E-state index contributed by atoms with van der Waals surface area (Å²) in [7, 11) is -1.31. The minimum atomic E-state index is -1.31. The molecule has 0 bridgehead atoms. The first-order chi connectivity index (χ1) is 5.04. The van der Waals surface area contributed by atoms with Crippen molar-refractivity contribution < 1.29 is 10.0 Å². The molecule has 0 spiro atoms. The van der Waals surface area contributed by atoms with Gasteiger partial charge in [-0.3, -0.25) is 0 Å². The lowest BCUT2D eigenvalue weighted by Gasteiger charge is -1.95. The van der Waals surface area contributed by atoms with E-state index >= 15 is 0 Å². The zero-order chi connectivity index (χ0) is 8.59. The first kappa shape index (κ1) is 8.78. The van der Waals surface area contributed by atoms with Crippen LogP contribution >= 0.6 is 11.3 Å². The standard InChI is InChI=1S/C7H11BO2S/c1-4-5(2)7(8(9)10)11-6(4)3/h9-10H,1-3H3. The van der Waals surface area contributed by atoms with Crippen molar-refractivity contribution in [3.63, 3.8) is 0 Å². The Bertz CT molecular complexity index is 268. The van der Waals surface area contributed by atoms with Crippen LogP contribution in [0.25, 0.3) is 0 Å². The van der Waals surface area contributed by atoms with Gasteiger partial charge in [-0.15, -0.1) is 11.3 Å². The number of aryl methyl sites for hydroxylation is 1. The van der Waals surface area contributed by atoms with Gasteiger partial charge in [0.05, 0.1) is 0 Å². The van der Waals surface area contributed by atoms with Gasteiger partial charge in [0.15, 0.2) is 0 Å². The molecule has 0 atom stereocenters. The van der Waals surface area contributed by atoms with Gasteiger partial charge in [-0.1, -0.05) is 0 Å². The fourth-order valence-corrected chi connectivity index (χ4v) is 2.06. The summed E-state index contributed by atoms with van der Waals surface area (Å²) in [5.74, 6) is 0. The summed E-state index contributed by atoms with van der Waals surface area (Å²) in [6.45, 7) is 5.89. The molecule has 1 aromatic rings. The van der Waals surface area contributed by atoms with Crippen LogP contribution in [-0.4, -0.2) is 17.2 Å². The zero-order valence-corrected chi connectivity index (χ0v) is 7.70. The van der Waals surface area contributed by atoms with Gasteiger partial charge in [0.1, 0.15) is 0 Å². The van der Waals surface area contributed by atoms with Crippen LogP contribution in [0.4, 0.5) is 0 Å². The summed E-state index contributed by atoms with van der Waals surface area (Å²) >= 11 is 1.45. The molecule has 2 N–H and O–H groups in total. The van der Waals surface area contributed by atoms with E-state index in [2.05, 4.69) is 0 Å². The van der Waals surface area contributed by atoms with E-state index < -0.39 is 7.12 Å². The van der Waals surface area contributed by atoms with Crippen LogP contribution in [0.15, 0.2) is 0 Å². The molecular weight excluding hydrogens is 159 g/mol. The Balaban J connectivity index is 3.19. The van der Waals surface area contributed by atoms with Gasteiger partial charge in [-0.05, 0) is 31.9 Å². The van der Waals surface area contributed by atoms with Crippen molar-refractivity contribution in [2.45, 2.75) is 20.8 Å². The summed E-state index contributed by atoms with van der Waals surface area (Å²) in [5, 5.41) is 17.8. The normalized spacial score (nSPS) is 10.3.